The number of hydrogen-bond acceptors (Lipinski definition) is 3. The maximum Gasteiger partial charge on any atom is 0.252 e. The van der Waals surface area contributed by atoms with Crippen molar-refractivity contribution >= 4 is 29.1 Å². The minimum absolute atomic E-state index is 0.208. The number of amides is 2. The number of halogens is 1. The molecule has 0 saturated heterocycles. The van der Waals surface area contributed by atoms with Gasteiger partial charge in [0.05, 0.1) is 16.1 Å². The fourth-order valence-corrected chi connectivity index (χ4v) is 2.60. The first-order chi connectivity index (χ1) is 9.46. The molecule has 4 N–H and O–H groups in total. The van der Waals surface area contributed by atoms with Gasteiger partial charge in [-0.3, -0.25) is 9.59 Å². The van der Waals surface area contributed by atoms with E-state index in [9.17, 15) is 9.59 Å². The molecule has 0 radical (unpaired) electrons. The Kier molecular flexibility index (Phi) is 4.30. The van der Waals surface area contributed by atoms with Gasteiger partial charge < -0.3 is 16.4 Å². The lowest BCUT2D eigenvalue weighted by atomic mass is 9.98. The Labute approximate surface area is 122 Å². The van der Waals surface area contributed by atoms with Crippen molar-refractivity contribution in [1.82, 2.24) is 5.32 Å². The van der Waals surface area contributed by atoms with Crippen LogP contribution in [0.4, 0.5) is 5.69 Å². The van der Waals surface area contributed by atoms with Gasteiger partial charge in [-0.25, -0.2) is 0 Å². The van der Waals surface area contributed by atoms with Gasteiger partial charge >= 0.3 is 0 Å². The molecule has 0 unspecified atom stereocenters. The maximum atomic E-state index is 12.2. The number of benzene rings is 1. The third-order valence-electron chi connectivity index (χ3n) is 3.64. The second-order valence-electron chi connectivity index (χ2n) is 5.09. The Morgan fingerprint density at radius 2 is 1.95 bits per heavy atom. The van der Waals surface area contributed by atoms with E-state index in [2.05, 4.69) is 10.6 Å². The third-order valence-corrected chi connectivity index (χ3v) is 3.97. The average Bonchev–Trinajstić information content (AvgIpc) is 2.88. The van der Waals surface area contributed by atoms with Crippen LogP contribution in [0.2, 0.25) is 5.02 Å². The second-order valence-corrected chi connectivity index (χ2v) is 5.50. The van der Waals surface area contributed by atoms with Crippen molar-refractivity contribution in [3.63, 3.8) is 0 Å². The van der Waals surface area contributed by atoms with Gasteiger partial charge in [0, 0.05) is 12.7 Å². The molecule has 0 spiro atoms. The lowest BCUT2D eigenvalue weighted by molar-refractivity contribution is -0.121. The predicted molar refractivity (Wildman–Crippen MR) is 78.9 cm³/mol. The Morgan fingerprint density at radius 3 is 2.55 bits per heavy atom. The summed E-state index contributed by atoms with van der Waals surface area (Å²) in [5, 5.41) is 5.61. The smallest absolute Gasteiger partial charge is 0.252 e. The zero-order chi connectivity index (χ0) is 14.8. The summed E-state index contributed by atoms with van der Waals surface area (Å²) in [7, 11) is 1.53. The van der Waals surface area contributed by atoms with Crippen LogP contribution in [0.25, 0.3) is 0 Å². The summed E-state index contributed by atoms with van der Waals surface area (Å²) in [5.41, 5.74) is 6.13. The molecular formula is C14H18ClN3O2. The molecule has 1 aromatic rings. The Morgan fingerprint density at radius 1 is 1.30 bits per heavy atom. The van der Waals surface area contributed by atoms with E-state index < -0.39 is 5.54 Å². The highest BCUT2D eigenvalue weighted by Gasteiger charge is 2.37. The predicted octanol–water partition coefficient (Wildman–Crippen LogP) is 1.91. The number of nitrogens with one attached hydrogen (secondary N) is 2. The SMILES string of the molecule is CNC(=O)c1cc(NC(=O)C2(N)CCCC2)ccc1Cl. The van der Waals surface area contributed by atoms with E-state index >= 15 is 0 Å². The molecule has 2 rings (SSSR count). The normalized spacial score (nSPS) is 16.8. The van der Waals surface area contributed by atoms with Crippen molar-refractivity contribution in [2.24, 2.45) is 5.73 Å². The van der Waals surface area contributed by atoms with Gasteiger partial charge in [-0.05, 0) is 31.0 Å². The van der Waals surface area contributed by atoms with Gasteiger partial charge in [0.1, 0.15) is 0 Å². The molecule has 0 atom stereocenters. The molecule has 2 amide bonds. The van der Waals surface area contributed by atoms with Crippen LogP contribution >= 0.6 is 11.6 Å². The zero-order valence-electron chi connectivity index (χ0n) is 11.3. The van der Waals surface area contributed by atoms with Crippen LogP contribution in [-0.4, -0.2) is 24.4 Å². The van der Waals surface area contributed by atoms with Crippen molar-refractivity contribution in [3.8, 4) is 0 Å². The first-order valence-electron chi connectivity index (χ1n) is 6.58. The van der Waals surface area contributed by atoms with E-state index in [1.54, 1.807) is 18.2 Å². The van der Waals surface area contributed by atoms with E-state index in [0.717, 1.165) is 12.8 Å². The molecule has 1 aliphatic carbocycles. The van der Waals surface area contributed by atoms with Crippen LogP contribution in [0.5, 0.6) is 0 Å². The summed E-state index contributed by atoms with van der Waals surface area (Å²) in [6.45, 7) is 0. The molecule has 0 heterocycles. The topological polar surface area (TPSA) is 84.2 Å². The van der Waals surface area contributed by atoms with Crippen LogP contribution in [0.1, 0.15) is 36.0 Å². The van der Waals surface area contributed by atoms with E-state index in [4.69, 9.17) is 17.3 Å². The lowest BCUT2D eigenvalue weighted by Gasteiger charge is -2.22. The summed E-state index contributed by atoms with van der Waals surface area (Å²) < 4.78 is 0. The van der Waals surface area contributed by atoms with Crippen LogP contribution in [-0.2, 0) is 4.79 Å². The summed E-state index contributed by atoms with van der Waals surface area (Å²) in [6, 6.07) is 4.79. The number of carbonyl (C=O) groups is 2. The molecular weight excluding hydrogens is 278 g/mol. The quantitative estimate of drug-likeness (QED) is 0.796. The Bertz CT molecular complexity index is 539. The molecule has 1 aliphatic rings. The molecule has 1 saturated carbocycles. The van der Waals surface area contributed by atoms with Crippen molar-refractivity contribution in [1.29, 1.82) is 0 Å². The molecule has 108 valence electrons. The fourth-order valence-electron chi connectivity index (χ4n) is 2.40. The second kappa shape index (κ2) is 5.81. The van der Waals surface area contributed by atoms with Gasteiger partial charge in [-0.2, -0.15) is 0 Å². The minimum atomic E-state index is -0.799. The molecule has 0 aliphatic heterocycles. The van der Waals surface area contributed by atoms with Crippen molar-refractivity contribution in [3.05, 3.63) is 28.8 Å². The van der Waals surface area contributed by atoms with E-state index in [0.29, 0.717) is 29.1 Å². The fraction of sp³-hybridized carbons (Fsp3) is 0.429. The van der Waals surface area contributed by atoms with Crippen molar-refractivity contribution in [2.45, 2.75) is 31.2 Å². The number of carbonyl (C=O) groups excluding carboxylic acids is 2. The molecule has 20 heavy (non-hydrogen) atoms. The third kappa shape index (κ3) is 2.94. The monoisotopic (exact) mass is 295 g/mol. The van der Waals surface area contributed by atoms with Gasteiger partial charge in [0.15, 0.2) is 0 Å². The van der Waals surface area contributed by atoms with Gasteiger partial charge in [0.2, 0.25) is 5.91 Å². The molecule has 6 heteroatoms. The number of rotatable bonds is 3. The van der Waals surface area contributed by atoms with E-state index in [1.807, 2.05) is 0 Å². The highest BCUT2D eigenvalue weighted by Crippen LogP contribution is 2.29. The summed E-state index contributed by atoms with van der Waals surface area (Å²) in [6.07, 6.45) is 3.31. The van der Waals surface area contributed by atoms with Crippen molar-refractivity contribution < 1.29 is 9.59 Å². The molecule has 0 bridgehead atoms. The zero-order valence-corrected chi connectivity index (χ0v) is 12.1. The van der Waals surface area contributed by atoms with Crippen molar-refractivity contribution in [2.75, 3.05) is 12.4 Å². The Balaban J connectivity index is 2.17. The first-order valence-corrected chi connectivity index (χ1v) is 6.96. The highest BCUT2D eigenvalue weighted by molar-refractivity contribution is 6.34. The van der Waals surface area contributed by atoms with Gasteiger partial charge in [0.25, 0.3) is 5.91 Å². The van der Waals surface area contributed by atoms with Crippen LogP contribution in [0.3, 0.4) is 0 Å². The lowest BCUT2D eigenvalue weighted by Crippen LogP contribution is -2.48. The number of nitrogens with two attached hydrogens (primary N) is 1. The van der Waals surface area contributed by atoms with E-state index in [1.165, 1.54) is 7.05 Å². The molecule has 1 aromatic carbocycles. The summed E-state index contributed by atoms with van der Waals surface area (Å²) >= 11 is 5.96. The number of anilines is 1. The molecule has 1 fully saturated rings. The largest absolute Gasteiger partial charge is 0.355 e. The summed E-state index contributed by atoms with van der Waals surface area (Å²) in [5.74, 6) is -0.505. The number of hydrogen-bond donors (Lipinski definition) is 3. The standard InChI is InChI=1S/C14H18ClN3O2/c1-17-12(19)10-8-9(4-5-11(10)15)18-13(20)14(16)6-2-3-7-14/h4-5,8H,2-3,6-7,16H2,1H3,(H,17,19)(H,18,20). The Hall–Kier alpha value is -1.59. The molecule has 5 nitrogen and oxygen atoms in total. The van der Waals surface area contributed by atoms with E-state index in [-0.39, 0.29) is 11.8 Å². The van der Waals surface area contributed by atoms with Gasteiger partial charge in [-0.15, -0.1) is 0 Å². The van der Waals surface area contributed by atoms with Crippen LogP contribution in [0.15, 0.2) is 18.2 Å². The maximum absolute atomic E-state index is 12.2. The first kappa shape index (κ1) is 14.8. The molecule has 0 aromatic heterocycles. The highest BCUT2D eigenvalue weighted by atomic mass is 35.5. The average molecular weight is 296 g/mol. The minimum Gasteiger partial charge on any atom is -0.355 e. The van der Waals surface area contributed by atoms with Crippen LogP contribution < -0.4 is 16.4 Å². The summed E-state index contributed by atoms with van der Waals surface area (Å²) in [4.78, 5) is 23.9. The van der Waals surface area contributed by atoms with Gasteiger partial charge in [-0.1, -0.05) is 24.4 Å². The van der Waals surface area contributed by atoms with Crippen LogP contribution in [0, 0.1) is 0 Å².